The molecule has 2 aliphatic rings. The van der Waals surface area contributed by atoms with Crippen LogP contribution in [-0.2, 0) is 4.79 Å². The molecule has 1 aliphatic heterocycles. The normalized spacial score (nSPS) is 20.2. The van der Waals surface area contributed by atoms with Gasteiger partial charge in [0.2, 0.25) is 5.91 Å². The lowest BCUT2D eigenvalue weighted by atomic mass is 10.0. The third kappa shape index (κ3) is 3.99. The molecular formula is C24H22N6O4. The Balaban J connectivity index is 1.31. The number of carbonyl (C=O) groups is 2. The van der Waals surface area contributed by atoms with Gasteiger partial charge >= 0.3 is 0 Å². The molecule has 3 N–H and O–H groups in total. The highest BCUT2D eigenvalue weighted by molar-refractivity contribution is 6.02. The summed E-state index contributed by atoms with van der Waals surface area (Å²) in [7, 11) is 0. The Bertz CT molecular complexity index is 1320. The predicted octanol–water partition coefficient (Wildman–Crippen LogP) is 3.57. The van der Waals surface area contributed by atoms with Crippen molar-refractivity contribution in [3.05, 3.63) is 77.9 Å². The predicted molar refractivity (Wildman–Crippen MR) is 120 cm³/mol. The van der Waals surface area contributed by atoms with Crippen LogP contribution in [0.4, 0.5) is 5.82 Å². The number of hydrogen-bond donors (Lipinski definition) is 3. The summed E-state index contributed by atoms with van der Waals surface area (Å²) >= 11 is 0. The van der Waals surface area contributed by atoms with Crippen LogP contribution >= 0.6 is 0 Å². The van der Waals surface area contributed by atoms with Crippen molar-refractivity contribution in [1.82, 2.24) is 25.6 Å². The SMILES string of the molecule is O=C1CC(c2ccccc2)NC(n2nc(-c3ccco3)cc2NC(=O)c2cc(C3CC3)on2)N1. The van der Waals surface area contributed by atoms with Crippen LogP contribution in [0.25, 0.3) is 11.5 Å². The fraction of sp³-hybridized carbons (Fsp3) is 0.250. The molecule has 3 aromatic heterocycles. The van der Waals surface area contributed by atoms with Gasteiger partial charge in [0, 0.05) is 30.5 Å². The zero-order valence-corrected chi connectivity index (χ0v) is 18.1. The third-order valence-electron chi connectivity index (χ3n) is 5.98. The van der Waals surface area contributed by atoms with E-state index in [4.69, 9.17) is 8.94 Å². The smallest absolute Gasteiger partial charge is 0.278 e. The van der Waals surface area contributed by atoms with Crippen molar-refractivity contribution in [1.29, 1.82) is 0 Å². The summed E-state index contributed by atoms with van der Waals surface area (Å²) in [6.07, 6.45) is 3.24. The molecule has 6 rings (SSSR count). The Morgan fingerprint density at radius 3 is 2.74 bits per heavy atom. The topological polar surface area (TPSA) is 127 Å². The van der Waals surface area contributed by atoms with Gasteiger partial charge in [0.15, 0.2) is 17.7 Å². The van der Waals surface area contributed by atoms with Crippen molar-refractivity contribution < 1.29 is 18.5 Å². The molecule has 1 aromatic carbocycles. The molecule has 1 saturated carbocycles. The van der Waals surface area contributed by atoms with E-state index in [2.05, 4.69) is 26.2 Å². The first kappa shape index (κ1) is 20.4. The Morgan fingerprint density at radius 1 is 1.12 bits per heavy atom. The zero-order valence-electron chi connectivity index (χ0n) is 18.1. The Morgan fingerprint density at radius 2 is 1.97 bits per heavy atom. The van der Waals surface area contributed by atoms with E-state index in [-0.39, 0.29) is 24.1 Å². The maximum Gasteiger partial charge on any atom is 0.278 e. The number of nitrogens with one attached hydrogen (secondary N) is 3. The van der Waals surface area contributed by atoms with Crippen molar-refractivity contribution in [2.75, 3.05) is 5.32 Å². The molecule has 0 bridgehead atoms. The molecule has 2 fully saturated rings. The Hall–Kier alpha value is -4.18. The van der Waals surface area contributed by atoms with Gasteiger partial charge in [0.05, 0.1) is 6.26 Å². The summed E-state index contributed by atoms with van der Waals surface area (Å²) in [4.78, 5) is 25.5. The first-order chi connectivity index (χ1) is 16.6. The van der Waals surface area contributed by atoms with Crippen LogP contribution < -0.4 is 16.0 Å². The lowest BCUT2D eigenvalue weighted by molar-refractivity contribution is -0.125. The summed E-state index contributed by atoms with van der Waals surface area (Å²) in [5, 5.41) is 17.7. The summed E-state index contributed by atoms with van der Waals surface area (Å²) < 4.78 is 12.3. The molecular weight excluding hydrogens is 436 g/mol. The van der Waals surface area contributed by atoms with E-state index in [0.29, 0.717) is 23.2 Å². The zero-order chi connectivity index (χ0) is 23.1. The number of carbonyl (C=O) groups excluding carboxylic acids is 2. The minimum atomic E-state index is -0.690. The fourth-order valence-corrected chi connectivity index (χ4v) is 4.09. The molecule has 10 nitrogen and oxygen atoms in total. The highest BCUT2D eigenvalue weighted by Gasteiger charge is 2.32. The van der Waals surface area contributed by atoms with Crippen LogP contribution in [0.1, 0.15) is 59.3 Å². The molecule has 4 heterocycles. The second-order valence-corrected chi connectivity index (χ2v) is 8.48. The largest absolute Gasteiger partial charge is 0.463 e. The van der Waals surface area contributed by atoms with Crippen LogP contribution in [0, 0.1) is 0 Å². The van der Waals surface area contributed by atoms with Crippen molar-refractivity contribution >= 4 is 17.6 Å². The molecule has 34 heavy (non-hydrogen) atoms. The molecule has 172 valence electrons. The number of rotatable bonds is 6. The van der Waals surface area contributed by atoms with Crippen molar-refractivity contribution in [3.63, 3.8) is 0 Å². The maximum atomic E-state index is 12.9. The molecule has 10 heteroatoms. The highest BCUT2D eigenvalue weighted by atomic mass is 16.5. The number of aromatic nitrogens is 3. The van der Waals surface area contributed by atoms with Gasteiger partial charge in [-0.15, -0.1) is 0 Å². The maximum absolute atomic E-state index is 12.9. The van der Waals surface area contributed by atoms with E-state index >= 15 is 0 Å². The lowest BCUT2D eigenvalue weighted by Crippen LogP contribution is -2.50. The van der Waals surface area contributed by atoms with Crippen LogP contribution in [0.5, 0.6) is 0 Å². The fourth-order valence-electron chi connectivity index (χ4n) is 4.09. The first-order valence-electron chi connectivity index (χ1n) is 11.2. The molecule has 1 saturated heterocycles. The van der Waals surface area contributed by atoms with Gasteiger partial charge in [-0.3, -0.25) is 14.9 Å². The number of anilines is 1. The quantitative estimate of drug-likeness (QED) is 0.403. The monoisotopic (exact) mass is 458 g/mol. The van der Waals surface area contributed by atoms with Gasteiger partial charge < -0.3 is 19.6 Å². The van der Waals surface area contributed by atoms with E-state index < -0.39 is 12.2 Å². The van der Waals surface area contributed by atoms with Crippen molar-refractivity contribution in [2.45, 2.75) is 37.5 Å². The van der Waals surface area contributed by atoms with Gasteiger partial charge in [0.1, 0.15) is 17.3 Å². The number of hydrogen-bond acceptors (Lipinski definition) is 7. The van der Waals surface area contributed by atoms with Crippen LogP contribution in [0.15, 0.2) is 69.8 Å². The summed E-state index contributed by atoms with van der Waals surface area (Å²) in [5.74, 6) is 1.43. The molecule has 2 atom stereocenters. The lowest BCUT2D eigenvalue weighted by Gasteiger charge is -2.32. The number of amides is 2. The van der Waals surface area contributed by atoms with Crippen LogP contribution in [-0.4, -0.2) is 26.8 Å². The second-order valence-electron chi connectivity index (χ2n) is 8.48. The van der Waals surface area contributed by atoms with Crippen molar-refractivity contribution in [2.24, 2.45) is 0 Å². The minimum absolute atomic E-state index is 0.129. The van der Waals surface area contributed by atoms with Gasteiger partial charge in [-0.25, -0.2) is 4.68 Å². The highest BCUT2D eigenvalue weighted by Crippen LogP contribution is 2.40. The van der Waals surface area contributed by atoms with E-state index in [1.54, 1.807) is 30.5 Å². The van der Waals surface area contributed by atoms with E-state index in [1.807, 2.05) is 30.3 Å². The Kier molecular flexibility index (Phi) is 4.99. The molecule has 1 aliphatic carbocycles. The molecule has 0 radical (unpaired) electrons. The Labute approximate surface area is 194 Å². The second kappa shape index (κ2) is 8.31. The first-order valence-corrected chi connectivity index (χ1v) is 11.2. The molecule has 0 spiro atoms. The van der Waals surface area contributed by atoms with Gasteiger partial charge in [-0.2, -0.15) is 5.10 Å². The average molecular weight is 458 g/mol. The van der Waals surface area contributed by atoms with Crippen molar-refractivity contribution in [3.8, 4) is 11.5 Å². The molecule has 2 amide bonds. The van der Waals surface area contributed by atoms with Gasteiger partial charge in [-0.05, 0) is 30.5 Å². The van der Waals surface area contributed by atoms with Gasteiger partial charge in [-0.1, -0.05) is 35.5 Å². The number of furan rings is 1. The van der Waals surface area contributed by atoms with Gasteiger partial charge in [0.25, 0.3) is 5.91 Å². The summed E-state index contributed by atoms with van der Waals surface area (Å²) in [6.45, 7) is 0. The van der Waals surface area contributed by atoms with Crippen LogP contribution in [0.3, 0.4) is 0 Å². The standard InChI is InChI=1S/C24H22N6O4/c31-22-13-16(14-5-2-1-3-6-14)25-24(27-22)30-21(12-17(28-30)19-7-4-10-33-19)26-23(32)18-11-20(34-29-18)15-8-9-15/h1-7,10-12,15-16,24-25H,8-9,13H2,(H,26,32)(H,27,31). The molecule has 4 aromatic rings. The van der Waals surface area contributed by atoms with E-state index in [9.17, 15) is 9.59 Å². The number of benzene rings is 1. The van der Waals surface area contributed by atoms with E-state index in [0.717, 1.165) is 24.2 Å². The minimum Gasteiger partial charge on any atom is -0.463 e. The number of nitrogens with zero attached hydrogens (tertiary/aromatic N) is 3. The summed E-state index contributed by atoms with van der Waals surface area (Å²) in [5.41, 5.74) is 1.69. The van der Waals surface area contributed by atoms with Crippen LogP contribution in [0.2, 0.25) is 0 Å². The average Bonchev–Trinajstić information content (AvgIpc) is 3.24. The summed E-state index contributed by atoms with van der Waals surface area (Å²) in [6, 6.07) is 16.4. The van der Waals surface area contributed by atoms with E-state index in [1.165, 1.54) is 4.68 Å². The molecule has 2 unspecified atom stereocenters. The third-order valence-corrected chi connectivity index (χ3v) is 5.98.